The van der Waals surface area contributed by atoms with Crippen LogP contribution in [-0.2, 0) is 0 Å². The van der Waals surface area contributed by atoms with Crippen LogP contribution >= 0.6 is 23.2 Å². The summed E-state index contributed by atoms with van der Waals surface area (Å²) in [4.78, 5) is 42.3. The summed E-state index contributed by atoms with van der Waals surface area (Å²) < 4.78 is 1.55. The van der Waals surface area contributed by atoms with Gasteiger partial charge in [-0.3, -0.25) is 24.8 Å². The van der Waals surface area contributed by atoms with Crippen molar-refractivity contribution >= 4 is 46.2 Å². The monoisotopic (exact) mass is 531 g/mol. The first-order chi connectivity index (χ1) is 17.0. The van der Waals surface area contributed by atoms with Crippen LogP contribution in [-0.4, -0.2) is 46.4 Å². The number of hydrogen-bond donors (Lipinski definition) is 0. The van der Waals surface area contributed by atoms with Crippen molar-refractivity contribution in [2.24, 2.45) is 0 Å². The molecular formula is C21H19Cl2N9O4. The molecule has 0 aliphatic carbocycles. The van der Waals surface area contributed by atoms with Crippen molar-refractivity contribution < 1.29 is 9.85 Å². The molecule has 0 bridgehead atoms. The van der Waals surface area contributed by atoms with Crippen molar-refractivity contribution in [2.75, 3.05) is 11.9 Å². The van der Waals surface area contributed by atoms with Crippen LogP contribution in [0.15, 0.2) is 42.9 Å². The van der Waals surface area contributed by atoms with E-state index in [0.717, 1.165) is 11.4 Å². The van der Waals surface area contributed by atoms with Gasteiger partial charge in [0.1, 0.15) is 17.7 Å². The summed E-state index contributed by atoms with van der Waals surface area (Å²) in [6, 6.07) is 9.57. The fourth-order valence-corrected chi connectivity index (χ4v) is 3.63. The molecule has 36 heavy (non-hydrogen) atoms. The largest absolute Gasteiger partial charge is 0.333 e. The fraction of sp³-hybridized carbons (Fsp3) is 0.190. The van der Waals surface area contributed by atoms with Crippen LogP contribution in [0.2, 0.25) is 10.4 Å². The summed E-state index contributed by atoms with van der Waals surface area (Å²) >= 11 is 10.9. The van der Waals surface area contributed by atoms with Crippen LogP contribution in [0.3, 0.4) is 0 Å². The van der Waals surface area contributed by atoms with Gasteiger partial charge >= 0.3 is 11.4 Å². The summed E-state index contributed by atoms with van der Waals surface area (Å²) in [6.45, 7) is 4.86. The van der Waals surface area contributed by atoms with E-state index in [4.69, 9.17) is 23.2 Å². The van der Waals surface area contributed by atoms with Gasteiger partial charge in [0, 0.05) is 18.9 Å². The summed E-state index contributed by atoms with van der Waals surface area (Å²) in [6.07, 6.45) is 3.21. The SMILES string of the molecule is Cc1cn(-c2nc(N(C)c3ccccc3)nc(C)c2[N+](=O)[O-])cn1.Cc1nc(Cl)nc(Cl)c1[N+](=O)[O-]. The van der Waals surface area contributed by atoms with E-state index in [1.807, 2.05) is 44.3 Å². The van der Waals surface area contributed by atoms with Gasteiger partial charge in [0.2, 0.25) is 22.2 Å². The Morgan fingerprint density at radius 1 is 0.889 bits per heavy atom. The molecule has 0 aliphatic rings. The molecule has 0 saturated heterocycles. The van der Waals surface area contributed by atoms with Crippen LogP contribution in [0.1, 0.15) is 17.1 Å². The lowest BCUT2D eigenvalue weighted by Crippen LogP contribution is -2.16. The first-order valence-corrected chi connectivity index (χ1v) is 10.9. The Balaban J connectivity index is 0.000000253. The molecule has 0 aliphatic heterocycles. The Morgan fingerprint density at radius 2 is 1.50 bits per heavy atom. The molecule has 0 saturated carbocycles. The van der Waals surface area contributed by atoms with Gasteiger partial charge in [0.05, 0.1) is 15.5 Å². The van der Waals surface area contributed by atoms with Gasteiger partial charge in [-0.1, -0.05) is 29.8 Å². The second-order valence-corrected chi connectivity index (χ2v) is 8.03. The highest BCUT2D eigenvalue weighted by molar-refractivity contribution is 6.33. The van der Waals surface area contributed by atoms with E-state index < -0.39 is 9.85 Å². The topological polar surface area (TPSA) is 159 Å². The zero-order valence-electron chi connectivity index (χ0n) is 19.5. The Kier molecular flexibility index (Phi) is 8.07. The highest BCUT2D eigenvalue weighted by Gasteiger charge is 2.25. The summed E-state index contributed by atoms with van der Waals surface area (Å²) in [7, 11) is 1.82. The molecule has 3 heterocycles. The Morgan fingerprint density at radius 3 is 2.03 bits per heavy atom. The normalized spacial score (nSPS) is 10.4. The first kappa shape index (κ1) is 26.4. The average molecular weight is 532 g/mol. The zero-order valence-corrected chi connectivity index (χ0v) is 21.0. The van der Waals surface area contributed by atoms with Gasteiger partial charge in [-0.05, 0) is 44.5 Å². The van der Waals surface area contributed by atoms with Gasteiger partial charge in [-0.25, -0.2) is 15.0 Å². The molecule has 15 heteroatoms. The molecule has 0 N–H and O–H groups in total. The molecule has 4 rings (SSSR count). The number of nitrogens with zero attached hydrogens (tertiary/aromatic N) is 9. The highest BCUT2D eigenvalue weighted by Crippen LogP contribution is 2.29. The van der Waals surface area contributed by atoms with Crippen molar-refractivity contribution in [1.82, 2.24) is 29.5 Å². The quantitative estimate of drug-likeness (QED) is 0.149. The second kappa shape index (κ2) is 11.0. The summed E-state index contributed by atoms with van der Waals surface area (Å²) in [5.74, 6) is 0.580. The molecule has 0 amide bonds. The Bertz CT molecular complexity index is 1410. The molecule has 0 unspecified atom stereocenters. The van der Waals surface area contributed by atoms with Gasteiger partial charge in [-0.15, -0.1) is 0 Å². The number of benzene rings is 1. The van der Waals surface area contributed by atoms with Crippen molar-refractivity contribution in [2.45, 2.75) is 20.8 Å². The van der Waals surface area contributed by atoms with Crippen molar-refractivity contribution in [1.29, 1.82) is 0 Å². The Labute approximate surface area is 214 Å². The molecule has 0 atom stereocenters. The predicted molar refractivity (Wildman–Crippen MR) is 133 cm³/mol. The molecular weight excluding hydrogens is 513 g/mol. The van der Waals surface area contributed by atoms with Gasteiger partial charge in [0.25, 0.3) is 0 Å². The van der Waals surface area contributed by atoms with E-state index in [0.29, 0.717) is 11.6 Å². The van der Waals surface area contributed by atoms with Gasteiger partial charge in [-0.2, -0.15) is 9.97 Å². The molecule has 0 fully saturated rings. The number of halogens is 2. The van der Waals surface area contributed by atoms with E-state index in [2.05, 4.69) is 24.9 Å². The maximum Gasteiger partial charge on any atom is 0.333 e. The number of rotatable bonds is 5. The van der Waals surface area contributed by atoms with Crippen molar-refractivity contribution in [3.63, 3.8) is 0 Å². The molecule has 186 valence electrons. The minimum Gasteiger partial charge on any atom is -0.314 e. The molecule has 4 aromatic rings. The number of hydrogen-bond acceptors (Lipinski definition) is 10. The van der Waals surface area contributed by atoms with Crippen LogP contribution in [0.5, 0.6) is 0 Å². The smallest absolute Gasteiger partial charge is 0.314 e. The summed E-state index contributed by atoms with van der Waals surface area (Å²) in [5, 5.41) is 21.5. The van der Waals surface area contributed by atoms with Gasteiger partial charge < -0.3 is 4.90 Å². The molecule has 3 aromatic heterocycles. The number of aryl methyl sites for hydroxylation is 3. The zero-order chi connectivity index (χ0) is 26.6. The van der Waals surface area contributed by atoms with Crippen molar-refractivity contribution in [3.05, 3.63) is 90.6 Å². The number of anilines is 2. The number of aromatic nitrogens is 6. The number of para-hydroxylation sites is 1. The van der Waals surface area contributed by atoms with E-state index in [9.17, 15) is 20.2 Å². The predicted octanol–water partition coefficient (Wildman–Crippen LogP) is 4.96. The van der Waals surface area contributed by atoms with Crippen LogP contribution in [0.4, 0.5) is 23.0 Å². The second-order valence-electron chi connectivity index (χ2n) is 7.33. The lowest BCUT2D eigenvalue weighted by molar-refractivity contribution is -0.386. The minimum atomic E-state index is -0.645. The third-order valence-corrected chi connectivity index (χ3v) is 5.21. The lowest BCUT2D eigenvalue weighted by Gasteiger charge is -2.18. The van der Waals surface area contributed by atoms with E-state index in [-0.39, 0.29) is 33.3 Å². The maximum absolute atomic E-state index is 11.5. The summed E-state index contributed by atoms with van der Waals surface area (Å²) in [5.41, 5.74) is 1.66. The van der Waals surface area contributed by atoms with Crippen LogP contribution < -0.4 is 4.90 Å². The van der Waals surface area contributed by atoms with Crippen LogP contribution in [0, 0.1) is 41.0 Å². The lowest BCUT2D eigenvalue weighted by atomic mass is 10.3. The minimum absolute atomic E-state index is 0.0944. The maximum atomic E-state index is 11.5. The molecule has 1 aromatic carbocycles. The number of nitro groups is 2. The number of imidazole rings is 1. The average Bonchev–Trinajstić information content (AvgIpc) is 3.24. The van der Waals surface area contributed by atoms with Gasteiger partial charge in [0.15, 0.2) is 0 Å². The third kappa shape index (κ3) is 5.87. The first-order valence-electron chi connectivity index (χ1n) is 10.2. The van der Waals surface area contributed by atoms with E-state index in [1.165, 1.54) is 13.3 Å². The molecule has 13 nitrogen and oxygen atoms in total. The third-order valence-electron chi connectivity index (χ3n) is 4.78. The van der Waals surface area contributed by atoms with E-state index in [1.54, 1.807) is 22.6 Å². The molecule has 0 radical (unpaired) electrons. The fourth-order valence-electron chi connectivity index (χ4n) is 3.09. The van der Waals surface area contributed by atoms with Crippen LogP contribution in [0.25, 0.3) is 5.82 Å². The van der Waals surface area contributed by atoms with Crippen molar-refractivity contribution in [3.8, 4) is 5.82 Å². The van der Waals surface area contributed by atoms with E-state index >= 15 is 0 Å². The standard InChI is InChI=1S/C16H16N6O2.C5H3Cl2N3O2/c1-11-9-21(10-17-11)15-14(22(23)24)12(2)18-16(19-15)20(3)13-7-5-4-6-8-13;1-2-3(10(11)12)4(6)9-5(7)8-2/h4-10H,1-3H3;1H3. The highest BCUT2D eigenvalue weighted by atomic mass is 35.5. The molecule has 0 spiro atoms. The Hall–Kier alpha value is -4.23.